The molecule has 0 saturated carbocycles. The van der Waals surface area contributed by atoms with Gasteiger partial charge in [-0.05, 0) is 25.3 Å². The van der Waals surface area contributed by atoms with Crippen LogP contribution in [0, 0.1) is 11.3 Å². The number of ether oxygens (including phenoxy) is 3. The number of nitrogens with one attached hydrogen (secondary N) is 1. The Morgan fingerprint density at radius 2 is 1.84 bits per heavy atom. The fraction of sp³-hybridized carbons (Fsp3) is 0.545. The Kier molecular flexibility index (Phi) is 6.21. The largest absolute Gasteiger partial charge is 0.523 e. The van der Waals surface area contributed by atoms with Crippen LogP contribution in [0.5, 0.6) is 0 Å². The van der Waals surface area contributed by atoms with E-state index in [4.69, 9.17) is 9.47 Å². The summed E-state index contributed by atoms with van der Waals surface area (Å²) in [5.74, 6) is -1.73. The number of carbonyl (C=O) groups excluding carboxylic acids is 2. The normalized spacial score (nSPS) is 32.4. The maximum absolute atomic E-state index is 13.2. The molecule has 1 N–H and O–H groups in total. The lowest BCUT2D eigenvalue weighted by Crippen LogP contribution is -2.60. The minimum Gasteiger partial charge on any atom is -0.469 e. The fourth-order valence-corrected chi connectivity index (χ4v) is 4.30. The minimum absolute atomic E-state index is 0.00880. The second-order valence-corrected chi connectivity index (χ2v) is 8.53. The van der Waals surface area contributed by atoms with Crippen molar-refractivity contribution in [2.24, 2.45) is 11.3 Å². The van der Waals surface area contributed by atoms with Crippen LogP contribution in [-0.2, 0) is 30.4 Å². The first-order valence-corrected chi connectivity index (χ1v) is 9.93. The van der Waals surface area contributed by atoms with E-state index in [-0.39, 0.29) is 26.0 Å². The van der Waals surface area contributed by atoms with Crippen molar-refractivity contribution in [1.29, 1.82) is 0 Å². The summed E-state index contributed by atoms with van der Waals surface area (Å²) in [5.41, 5.74) is -3.35. The molecule has 170 valence electrons. The average Bonchev–Trinajstić information content (AvgIpc) is 3.15. The predicted molar refractivity (Wildman–Crippen MR) is 105 cm³/mol. The van der Waals surface area contributed by atoms with Crippen molar-refractivity contribution in [3.05, 3.63) is 48.0 Å². The number of halogens is 3. The van der Waals surface area contributed by atoms with Crippen molar-refractivity contribution in [3.63, 3.8) is 0 Å². The number of hydrogen-bond donors (Lipinski definition) is 1. The standard InChI is InChI=1S/C22H26F3NO5/c1-19(9-10-20(19,2)31-22(23,24)25)14-21(11-16(12-26-21)17(27)29-3)18(28)30-13-15-7-5-4-6-8-15/h4-10,16,26H,11-14H2,1-3H3/t16-,19?,20+,21-/m1/s1. The SMILES string of the molecule is COC(=O)[C@H]1CN[C@](CC2(C)C=C[C@]2(C)OC(F)(F)F)(C(=O)OCc2ccccc2)C1. The zero-order valence-electron chi connectivity index (χ0n) is 17.6. The summed E-state index contributed by atoms with van der Waals surface area (Å²) >= 11 is 0. The van der Waals surface area contributed by atoms with Gasteiger partial charge < -0.3 is 14.8 Å². The second kappa shape index (κ2) is 8.27. The number of alkyl halides is 3. The molecule has 1 fully saturated rings. The van der Waals surface area contributed by atoms with Crippen LogP contribution in [0.25, 0.3) is 0 Å². The molecule has 9 heteroatoms. The van der Waals surface area contributed by atoms with E-state index in [1.165, 1.54) is 20.1 Å². The number of methoxy groups -OCH3 is 1. The molecule has 2 aliphatic rings. The molecular weight excluding hydrogens is 415 g/mol. The summed E-state index contributed by atoms with van der Waals surface area (Å²) < 4.78 is 53.6. The van der Waals surface area contributed by atoms with Gasteiger partial charge in [0.25, 0.3) is 0 Å². The van der Waals surface area contributed by atoms with Gasteiger partial charge in [-0.25, -0.2) is 0 Å². The molecule has 0 bridgehead atoms. The van der Waals surface area contributed by atoms with Crippen molar-refractivity contribution in [3.8, 4) is 0 Å². The Morgan fingerprint density at radius 3 is 2.39 bits per heavy atom. The van der Waals surface area contributed by atoms with Crippen LogP contribution in [-0.4, -0.2) is 43.1 Å². The van der Waals surface area contributed by atoms with E-state index in [0.29, 0.717) is 0 Å². The number of benzene rings is 1. The van der Waals surface area contributed by atoms with E-state index in [9.17, 15) is 22.8 Å². The van der Waals surface area contributed by atoms with E-state index in [1.807, 2.05) is 6.07 Å². The van der Waals surface area contributed by atoms with Crippen molar-refractivity contribution in [2.75, 3.05) is 13.7 Å². The highest BCUT2D eigenvalue weighted by molar-refractivity contribution is 5.84. The quantitative estimate of drug-likeness (QED) is 0.516. The first-order valence-electron chi connectivity index (χ1n) is 9.93. The predicted octanol–water partition coefficient (Wildman–Crippen LogP) is 3.51. The van der Waals surface area contributed by atoms with Crippen LogP contribution in [0.15, 0.2) is 42.5 Å². The summed E-state index contributed by atoms with van der Waals surface area (Å²) in [6.07, 6.45) is -1.89. The Balaban J connectivity index is 1.82. The molecule has 1 aliphatic carbocycles. The minimum atomic E-state index is -4.83. The lowest BCUT2D eigenvalue weighted by atomic mass is 9.59. The van der Waals surface area contributed by atoms with Gasteiger partial charge in [-0.1, -0.05) is 49.4 Å². The van der Waals surface area contributed by atoms with Crippen LogP contribution in [0.4, 0.5) is 13.2 Å². The van der Waals surface area contributed by atoms with E-state index < -0.39 is 40.8 Å². The molecule has 1 unspecified atom stereocenters. The molecule has 1 aromatic carbocycles. The average molecular weight is 441 g/mol. The lowest BCUT2D eigenvalue weighted by Gasteiger charge is -2.52. The van der Waals surface area contributed by atoms with Gasteiger partial charge in [-0.3, -0.25) is 14.3 Å². The van der Waals surface area contributed by atoms with Crippen LogP contribution in [0.3, 0.4) is 0 Å². The molecule has 4 atom stereocenters. The summed E-state index contributed by atoms with van der Waals surface area (Å²) in [6, 6.07) is 9.03. The molecular formula is C22H26F3NO5. The highest BCUT2D eigenvalue weighted by atomic mass is 19.4. The van der Waals surface area contributed by atoms with Crippen molar-refractivity contribution < 1.29 is 37.0 Å². The fourth-order valence-electron chi connectivity index (χ4n) is 4.30. The van der Waals surface area contributed by atoms with E-state index in [1.54, 1.807) is 37.3 Å². The van der Waals surface area contributed by atoms with E-state index in [0.717, 1.165) is 5.56 Å². The molecule has 1 aromatic rings. The lowest BCUT2D eigenvalue weighted by molar-refractivity contribution is -0.372. The maximum atomic E-state index is 13.2. The number of esters is 2. The van der Waals surface area contributed by atoms with Gasteiger partial charge in [0, 0.05) is 12.0 Å². The second-order valence-electron chi connectivity index (χ2n) is 8.53. The molecule has 3 rings (SSSR count). The Morgan fingerprint density at radius 1 is 1.16 bits per heavy atom. The third-order valence-corrected chi connectivity index (χ3v) is 6.32. The summed E-state index contributed by atoms with van der Waals surface area (Å²) in [5, 5.41) is 3.05. The molecule has 0 aromatic heterocycles. The van der Waals surface area contributed by atoms with Gasteiger partial charge in [-0.15, -0.1) is 13.2 Å². The highest BCUT2D eigenvalue weighted by Crippen LogP contribution is 2.53. The van der Waals surface area contributed by atoms with Gasteiger partial charge in [0.2, 0.25) is 0 Å². The van der Waals surface area contributed by atoms with Crippen LogP contribution < -0.4 is 5.32 Å². The Hall–Kier alpha value is -2.39. The van der Waals surface area contributed by atoms with Gasteiger partial charge in [0.1, 0.15) is 17.7 Å². The third kappa shape index (κ3) is 4.77. The first kappa shape index (κ1) is 23.3. The monoisotopic (exact) mass is 441 g/mol. The van der Waals surface area contributed by atoms with E-state index >= 15 is 0 Å². The van der Waals surface area contributed by atoms with Crippen LogP contribution in [0.2, 0.25) is 0 Å². The smallest absolute Gasteiger partial charge is 0.469 e. The van der Waals surface area contributed by atoms with Crippen LogP contribution >= 0.6 is 0 Å². The zero-order valence-corrected chi connectivity index (χ0v) is 17.6. The number of rotatable bonds is 7. The zero-order chi connectivity index (χ0) is 22.9. The number of carbonyl (C=O) groups is 2. The molecule has 1 heterocycles. The van der Waals surface area contributed by atoms with Crippen molar-refractivity contribution >= 4 is 11.9 Å². The molecule has 6 nitrogen and oxygen atoms in total. The maximum Gasteiger partial charge on any atom is 0.523 e. The Labute approximate surface area is 178 Å². The molecule has 0 radical (unpaired) electrons. The summed E-state index contributed by atoms with van der Waals surface area (Å²) in [6.45, 7) is 3.09. The number of hydrogen-bond acceptors (Lipinski definition) is 6. The highest BCUT2D eigenvalue weighted by Gasteiger charge is 2.60. The van der Waals surface area contributed by atoms with Gasteiger partial charge in [0.15, 0.2) is 0 Å². The molecule has 31 heavy (non-hydrogen) atoms. The molecule has 1 aliphatic heterocycles. The van der Waals surface area contributed by atoms with E-state index in [2.05, 4.69) is 10.1 Å². The third-order valence-electron chi connectivity index (χ3n) is 6.32. The molecule has 1 saturated heterocycles. The van der Waals surface area contributed by atoms with Crippen molar-refractivity contribution in [1.82, 2.24) is 5.32 Å². The molecule has 0 amide bonds. The summed E-state index contributed by atoms with van der Waals surface area (Å²) in [7, 11) is 1.25. The summed E-state index contributed by atoms with van der Waals surface area (Å²) in [4.78, 5) is 25.3. The first-order chi connectivity index (χ1) is 14.4. The Bertz CT molecular complexity index is 858. The van der Waals surface area contributed by atoms with Gasteiger partial charge >= 0.3 is 18.3 Å². The molecule has 0 spiro atoms. The van der Waals surface area contributed by atoms with Crippen molar-refractivity contribution in [2.45, 2.75) is 50.8 Å². The van der Waals surface area contributed by atoms with Gasteiger partial charge in [-0.2, -0.15) is 0 Å². The topological polar surface area (TPSA) is 73.9 Å². The van der Waals surface area contributed by atoms with Crippen LogP contribution in [0.1, 0.15) is 32.3 Å². The van der Waals surface area contributed by atoms with Gasteiger partial charge in [0.05, 0.1) is 13.0 Å².